The van der Waals surface area contributed by atoms with E-state index in [4.69, 9.17) is 24.4 Å². The lowest BCUT2D eigenvalue weighted by atomic mass is 9.82. The van der Waals surface area contributed by atoms with Crippen LogP contribution in [0.3, 0.4) is 0 Å². The van der Waals surface area contributed by atoms with Crippen molar-refractivity contribution in [2.24, 2.45) is 0 Å². The average Bonchev–Trinajstić information content (AvgIpc) is 3.77. The van der Waals surface area contributed by atoms with Crippen LogP contribution in [0.5, 0.6) is 11.5 Å². The molecule has 0 fully saturated rings. The minimum Gasteiger partial charge on any atom is -0.478 e. The number of fused-ring (bicyclic) bond motifs is 9. The van der Waals surface area contributed by atoms with E-state index in [1.165, 1.54) is 38.5 Å². The average molecular weight is 775 g/mol. The fraction of sp³-hybridized carbons (Fsp3) is 0.0926. The Labute approximate surface area is 347 Å². The van der Waals surface area contributed by atoms with Gasteiger partial charge < -0.3 is 14.0 Å². The standard InChI is InChI=1S/C54H38N4O2/c1-54(2)42-19-9-6-17-41(42)48-43(54)31-32-47-50(48)60-49-38(18-12-22-46(49)59-47)33-23-25-35(26-24-33)52-55-51(34-13-4-3-5-14-34)56-53(57-52)36-27-29-37(30-28-36)58-44-20-10-7-15-39(44)40-16-8-11-21-45(40)58/h3-32,46,49H,1-2H3. The number of aromatic nitrogens is 4. The van der Waals surface area contributed by atoms with E-state index in [1.807, 2.05) is 30.3 Å². The molecule has 0 saturated heterocycles. The van der Waals surface area contributed by atoms with Gasteiger partial charge in [-0.15, -0.1) is 0 Å². The molecule has 3 aliphatic rings. The van der Waals surface area contributed by atoms with Crippen LogP contribution in [-0.4, -0.2) is 31.7 Å². The van der Waals surface area contributed by atoms with E-state index < -0.39 is 0 Å². The predicted molar refractivity (Wildman–Crippen MR) is 240 cm³/mol. The van der Waals surface area contributed by atoms with E-state index >= 15 is 0 Å². The van der Waals surface area contributed by atoms with Crippen LogP contribution >= 0.6 is 0 Å². The summed E-state index contributed by atoms with van der Waals surface area (Å²) in [7, 11) is 0. The normalized spacial score (nSPS) is 16.9. The third kappa shape index (κ3) is 5.30. The topological polar surface area (TPSA) is 62.1 Å². The van der Waals surface area contributed by atoms with Crippen LogP contribution in [0, 0.1) is 0 Å². The highest BCUT2D eigenvalue weighted by Crippen LogP contribution is 2.56. The van der Waals surface area contributed by atoms with Gasteiger partial charge in [0.15, 0.2) is 41.2 Å². The zero-order chi connectivity index (χ0) is 40.0. The van der Waals surface area contributed by atoms with E-state index in [1.54, 1.807) is 0 Å². The van der Waals surface area contributed by atoms with Crippen molar-refractivity contribution >= 4 is 27.4 Å². The van der Waals surface area contributed by atoms with Crippen LogP contribution in [0.15, 0.2) is 182 Å². The summed E-state index contributed by atoms with van der Waals surface area (Å²) in [5.41, 5.74) is 13.1. The van der Waals surface area contributed by atoms with Crippen molar-refractivity contribution < 1.29 is 9.47 Å². The summed E-state index contributed by atoms with van der Waals surface area (Å²) >= 11 is 0. The molecule has 2 aromatic heterocycles. The smallest absolute Gasteiger partial charge is 0.170 e. The highest BCUT2D eigenvalue weighted by atomic mass is 16.6. The van der Waals surface area contributed by atoms with Gasteiger partial charge >= 0.3 is 0 Å². The number of para-hydroxylation sites is 2. The minimum atomic E-state index is -0.310. The molecule has 2 atom stereocenters. The Morgan fingerprint density at radius 1 is 0.517 bits per heavy atom. The molecule has 0 radical (unpaired) electrons. The number of ether oxygens (including phenoxy) is 2. The number of benzene rings is 7. The number of rotatable bonds is 5. The highest BCUT2D eigenvalue weighted by molar-refractivity contribution is 6.09. The van der Waals surface area contributed by atoms with E-state index in [0.717, 1.165) is 50.6 Å². The van der Waals surface area contributed by atoms with Crippen molar-refractivity contribution in [1.29, 1.82) is 0 Å². The summed E-state index contributed by atoms with van der Waals surface area (Å²) in [6, 6.07) is 57.1. The van der Waals surface area contributed by atoms with E-state index in [2.05, 4.69) is 170 Å². The summed E-state index contributed by atoms with van der Waals surface area (Å²) in [5.74, 6) is 3.44. The zero-order valence-corrected chi connectivity index (χ0v) is 33.1. The van der Waals surface area contributed by atoms with Crippen molar-refractivity contribution in [2.45, 2.75) is 31.5 Å². The van der Waals surface area contributed by atoms with Crippen LogP contribution in [0.4, 0.5) is 0 Å². The Morgan fingerprint density at radius 2 is 1.08 bits per heavy atom. The quantitative estimate of drug-likeness (QED) is 0.174. The molecule has 12 rings (SSSR count). The molecule has 0 saturated carbocycles. The Balaban J connectivity index is 0.891. The molecule has 286 valence electrons. The molecule has 60 heavy (non-hydrogen) atoms. The Kier molecular flexibility index (Phi) is 7.60. The zero-order valence-electron chi connectivity index (χ0n) is 33.1. The first kappa shape index (κ1) is 34.5. The minimum absolute atomic E-state index is 0.131. The first-order chi connectivity index (χ1) is 29.5. The monoisotopic (exact) mass is 774 g/mol. The largest absolute Gasteiger partial charge is 0.478 e. The Bertz CT molecular complexity index is 3180. The highest BCUT2D eigenvalue weighted by Gasteiger charge is 2.42. The number of nitrogens with zero attached hydrogens (tertiary/aromatic N) is 4. The summed E-state index contributed by atoms with van der Waals surface area (Å²) in [6.45, 7) is 4.57. The van der Waals surface area contributed by atoms with Gasteiger partial charge in [0.2, 0.25) is 0 Å². The molecule has 7 aromatic carbocycles. The lowest BCUT2D eigenvalue weighted by Crippen LogP contribution is -2.40. The molecular weight excluding hydrogens is 737 g/mol. The maximum atomic E-state index is 7.04. The molecule has 0 amide bonds. The van der Waals surface area contributed by atoms with Gasteiger partial charge in [-0.25, -0.2) is 15.0 Å². The molecule has 2 unspecified atom stereocenters. The van der Waals surface area contributed by atoms with Gasteiger partial charge in [-0.1, -0.05) is 147 Å². The van der Waals surface area contributed by atoms with Crippen molar-refractivity contribution in [1.82, 2.24) is 19.5 Å². The molecular formula is C54H38N4O2. The first-order valence-corrected chi connectivity index (χ1v) is 20.5. The third-order valence-corrected chi connectivity index (χ3v) is 12.5. The lowest BCUT2D eigenvalue weighted by molar-refractivity contribution is 0.0821. The third-order valence-electron chi connectivity index (χ3n) is 12.5. The lowest BCUT2D eigenvalue weighted by Gasteiger charge is -2.37. The Hall–Kier alpha value is -7.57. The molecule has 1 aliphatic heterocycles. The van der Waals surface area contributed by atoms with Crippen molar-refractivity contribution in [2.75, 3.05) is 0 Å². The SMILES string of the molecule is CC1(C)c2ccccc2-c2c1ccc1c2OC2C(c3ccc(-c4nc(-c5ccccc5)nc(-c5ccc(-n6c7ccccc7c7ccccc76)cc5)n4)cc3)=CC=CC2O1. The van der Waals surface area contributed by atoms with Gasteiger partial charge in [-0.3, -0.25) is 0 Å². The molecule has 0 bridgehead atoms. The summed E-state index contributed by atoms with van der Waals surface area (Å²) < 4.78 is 16.0. The fourth-order valence-corrected chi connectivity index (χ4v) is 9.48. The fourth-order valence-electron chi connectivity index (χ4n) is 9.48. The van der Waals surface area contributed by atoms with Gasteiger partial charge in [0.25, 0.3) is 0 Å². The van der Waals surface area contributed by atoms with Crippen LogP contribution in [0.25, 0.3) is 78.4 Å². The maximum absolute atomic E-state index is 7.04. The van der Waals surface area contributed by atoms with E-state index in [9.17, 15) is 0 Å². The maximum Gasteiger partial charge on any atom is 0.170 e. The van der Waals surface area contributed by atoms with Crippen molar-refractivity contribution in [3.63, 3.8) is 0 Å². The molecule has 0 spiro atoms. The number of allylic oxidation sites excluding steroid dienone is 2. The first-order valence-electron chi connectivity index (χ1n) is 20.5. The molecule has 0 N–H and O–H groups in total. The van der Waals surface area contributed by atoms with Gasteiger partial charge in [-0.2, -0.15) is 0 Å². The molecule has 3 heterocycles. The number of hydrogen-bond acceptors (Lipinski definition) is 5. The second-order valence-corrected chi connectivity index (χ2v) is 16.3. The predicted octanol–water partition coefficient (Wildman–Crippen LogP) is 12.4. The summed E-state index contributed by atoms with van der Waals surface area (Å²) in [4.78, 5) is 15.1. The van der Waals surface area contributed by atoms with E-state index in [0.29, 0.717) is 17.5 Å². The van der Waals surface area contributed by atoms with Crippen LogP contribution in [-0.2, 0) is 5.41 Å². The van der Waals surface area contributed by atoms with Crippen molar-refractivity contribution in [3.8, 4) is 62.5 Å². The molecule has 6 nitrogen and oxygen atoms in total. The van der Waals surface area contributed by atoms with Gasteiger partial charge in [0.05, 0.1) is 11.0 Å². The molecule has 6 heteroatoms. The second-order valence-electron chi connectivity index (χ2n) is 16.3. The molecule has 9 aromatic rings. The van der Waals surface area contributed by atoms with Crippen LogP contribution < -0.4 is 9.47 Å². The second kappa shape index (κ2) is 13.2. The van der Waals surface area contributed by atoms with Gasteiger partial charge in [-0.05, 0) is 70.8 Å². The van der Waals surface area contributed by atoms with Crippen molar-refractivity contribution in [3.05, 3.63) is 199 Å². The van der Waals surface area contributed by atoms with Crippen LogP contribution in [0.1, 0.15) is 30.5 Å². The summed E-state index contributed by atoms with van der Waals surface area (Å²) in [5, 5.41) is 2.47. The van der Waals surface area contributed by atoms with Gasteiger partial charge in [0, 0.05) is 49.7 Å². The molecule has 2 aliphatic carbocycles. The Morgan fingerprint density at radius 3 is 1.77 bits per heavy atom. The summed E-state index contributed by atoms with van der Waals surface area (Å²) in [6.07, 6.45) is 5.74. The number of hydrogen-bond donors (Lipinski definition) is 0. The van der Waals surface area contributed by atoms with Gasteiger partial charge in [0.1, 0.15) is 0 Å². The van der Waals surface area contributed by atoms with E-state index in [-0.39, 0.29) is 17.6 Å². The van der Waals surface area contributed by atoms with Crippen LogP contribution in [0.2, 0.25) is 0 Å².